The van der Waals surface area contributed by atoms with E-state index in [0.29, 0.717) is 51.6 Å². The fourth-order valence-corrected chi connectivity index (χ4v) is 4.95. The zero-order valence-electron chi connectivity index (χ0n) is 20.9. The number of hydrogen-bond donors (Lipinski definition) is 0. The fraction of sp³-hybridized carbons (Fsp3) is 0.241. The highest BCUT2D eigenvalue weighted by Crippen LogP contribution is 2.29. The first-order valence-electron chi connectivity index (χ1n) is 12.4. The largest absolute Gasteiger partial charge is 0.339 e. The molecule has 0 bridgehead atoms. The molecule has 1 aromatic heterocycles. The van der Waals surface area contributed by atoms with Crippen LogP contribution in [0.15, 0.2) is 77.6 Å². The van der Waals surface area contributed by atoms with Gasteiger partial charge < -0.3 is 4.90 Å². The summed E-state index contributed by atoms with van der Waals surface area (Å²) < 4.78 is 1.43. The van der Waals surface area contributed by atoms with Crippen LogP contribution in [0.5, 0.6) is 0 Å². The van der Waals surface area contributed by atoms with Gasteiger partial charge in [0.1, 0.15) is 0 Å². The van der Waals surface area contributed by atoms with E-state index in [0.717, 1.165) is 12.0 Å². The maximum atomic E-state index is 13.5. The van der Waals surface area contributed by atoms with Crippen LogP contribution >= 0.6 is 23.2 Å². The number of fused-ring (bicyclic) bond motifs is 1. The Hall–Kier alpha value is -3.68. The number of aryl methyl sites for hydroxylation is 1. The molecule has 196 valence electrons. The predicted molar refractivity (Wildman–Crippen MR) is 151 cm³/mol. The Morgan fingerprint density at radius 2 is 1.66 bits per heavy atom. The van der Waals surface area contributed by atoms with Gasteiger partial charge in [-0.3, -0.25) is 24.3 Å². The molecule has 0 saturated carbocycles. The maximum Gasteiger partial charge on any atom is 0.337 e. The molecule has 0 N–H and O–H groups in total. The molecule has 7 nitrogen and oxygen atoms in total. The van der Waals surface area contributed by atoms with Gasteiger partial charge in [-0.1, -0.05) is 60.5 Å². The average molecular weight is 552 g/mol. The van der Waals surface area contributed by atoms with E-state index in [1.165, 1.54) is 4.57 Å². The van der Waals surface area contributed by atoms with Gasteiger partial charge in [0, 0.05) is 39.6 Å². The minimum atomic E-state index is -0.661. The normalized spacial score (nSPS) is 11.0. The van der Waals surface area contributed by atoms with Crippen molar-refractivity contribution < 1.29 is 9.72 Å². The first-order chi connectivity index (χ1) is 18.3. The van der Waals surface area contributed by atoms with E-state index in [2.05, 4.69) is 0 Å². The highest BCUT2D eigenvalue weighted by Gasteiger charge is 2.26. The summed E-state index contributed by atoms with van der Waals surface area (Å²) in [5.41, 5.74) is 1.16. The zero-order valence-corrected chi connectivity index (χ0v) is 22.4. The lowest BCUT2D eigenvalue weighted by Gasteiger charge is -2.22. The summed E-state index contributed by atoms with van der Waals surface area (Å²) >= 11 is 12.3. The Labute approximate surface area is 230 Å². The number of rotatable bonds is 10. The van der Waals surface area contributed by atoms with Gasteiger partial charge in [0.25, 0.3) is 5.91 Å². The third-order valence-corrected chi connectivity index (χ3v) is 6.89. The van der Waals surface area contributed by atoms with Crippen molar-refractivity contribution in [3.05, 3.63) is 120 Å². The van der Waals surface area contributed by atoms with Crippen LogP contribution in [-0.4, -0.2) is 33.4 Å². The summed E-state index contributed by atoms with van der Waals surface area (Å²) in [6.07, 6.45) is 1.43. The van der Waals surface area contributed by atoms with E-state index < -0.39 is 16.2 Å². The first kappa shape index (κ1) is 27.4. The summed E-state index contributed by atoms with van der Waals surface area (Å²) in [4.78, 5) is 39.9. The van der Waals surface area contributed by atoms with Gasteiger partial charge >= 0.3 is 11.2 Å². The Kier molecular flexibility index (Phi) is 8.81. The Bertz CT molecular complexity index is 1520. The quantitative estimate of drug-likeness (QED) is 0.161. The van der Waals surface area contributed by atoms with Gasteiger partial charge in [-0.15, -0.1) is 0 Å². The molecule has 38 heavy (non-hydrogen) atoms. The van der Waals surface area contributed by atoms with E-state index >= 15 is 0 Å². The van der Waals surface area contributed by atoms with E-state index in [9.17, 15) is 19.7 Å². The van der Waals surface area contributed by atoms with Crippen LogP contribution in [0.3, 0.4) is 0 Å². The molecular formula is C29H27Cl2N3O4. The number of hydrogen-bond acceptors (Lipinski definition) is 4. The van der Waals surface area contributed by atoms with Gasteiger partial charge in [0.15, 0.2) is 0 Å². The van der Waals surface area contributed by atoms with Gasteiger partial charge in [0.05, 0.1) is 17.0 Å². The van der Waals surface area contributed by atoms with E-state index in [1.54, 1.807) is 47.4 Å². The molecule has 0 radical (unpaired) electrons. The van der Waals surface area contributed by atoms with E-state index in [4.69, 9.17) is 23.2 Å². The summed E-state index contributed by atoms with van der Waals surface area (Å²) in [6.45, 7) is 3.09. The molecule has 0 spiro atoms. The zero-order chi connectivity index (χ0) is 27.2. The Morgan fingerprint density at radius 1 is 0.974 bits per heavy atom. The molecule has 4 aromatic rings. The molecule has 0 aliphatic rings. The minimum absolute atomic E-state index is 0.135. The number of aromatic nitrogens is 1. The number of amides is 1. The molecule has 0 atom stereocenters. The summed E-state index contributed by atoms with van der Waals surface area (Å²) in [5.74, 6) is -0.135. The lowest BCUT2D eigenvalue weighted by Crippen LogP contribution is -2.33. The van der Waals surface area contributed by atoms with Gasteiger partial charge in [0.2, 0.25) is 0 Å². The third-order valence-electron chi connectivity index (χ3n) is 6.40. The lowest BCUT2D eigenvalue weighted by atomic mass is 10.0. The van der Waals surface area contributed by atoms with Crippen molar-refractivity contribution >= 4 is 45.7 Å². The number of carbonyl (C=O) groups is 1. The molecule has 4 rings (SSSR count). The monoisotopic (exact) mass is 551 g/mol. The smallest absolute Gasteiger partial charge is 0.337 e. The Morgan fingerprint density at radius 3 is 2.32 bits per heavy atom. The van der Waals surface area contributed by atoms with Crippen LogP contribution in [0.25, 0.3) is 10.9 Å². The molecule has 3 aromatic carbocycles. The summed E-state index contributed by atoms with van der Waals surface area (Å²) in [6, 6.07) is 21.1. The van der Waals surface area contributed by atoms with Crippen molar-refractivity contribution in [2.24, 2.45) is 0 Å². The Balaban J connectivity index is 1.69. The predicted octanol–water partition coefficient (Wildman–Crippen LogP) is 6.75. The fourth-order valence-electron chi connectivity index (χ4n) is 4.65. The topological polar surface area (TPSA) is 85.4 Å². The van der Waals surface area contributed by atoms with E-state index in [1.807, 2.05) is 37.3 Å². The van der Waals surface area contributed by atoms with Crippen LogP contribution in [-0.2, 0) is 13.0 Å². The molecule has 0 aliphatic heterocycles. The van der Waals surface area contributed by atoms with Crippen LogP contribution in [0.2, 0.25) is 10.0 Å². The van der Waals surface area contributed by atoms with Gasteiger partial charge in [-0.05, 0) is 67.3 Å². The van der Waals surface area contributed by atoms with Crippen molar-refractivity contribution in [1.29, 1.82) is 0 Å². The summed E-state index contributed by atoms with van der Waals surface area (Å²) in [7, 11) is 0. The molecule has 0 saturated heterocycles. The number of pyridine rings is 1. The van der Waals surface area contributed by atoms with Gasteiger partial charge in [-0.2, -0.15) is 0 Å². The number of carbonyl (C=O) groups excluding carboxylic acids is 1. The van der Waals surface area contributed by atoms with Crippen molar-refractivity contribution in [1.82, 2.24) is 9.47 Å². The lowest BCUT2D eigenvalue weighted by molar-refractivity contribution is -0.387. The summed E-state index contributed by atoms with van der Waals surface area (Å²) in [5, 5.41) is 13.7. The number of benzene rings is 3. The highest BCUT2D eigenvalue weighted by molar-refractivity contribution is 6.31. The molecular weight excluding hydrogens is 525 g/mol. The van der Waals surface area contributed by atoms with Crippen molar-refractivity contribution in [2.75, 3.05) is 13.1 Å². The SMILES string of the molecule is CCCN(CCCc1c([N+](=O)[O-])c(=O)n(Cc2ccccc2)c2ccc(Cl)cc12)C(=O)c1ccc(Cl)cc1. The molecule has 0 fully saturated rings. The maximum absolute atomic E-state index is 13.5. The van der Waals surface area contributed by atoms with Crippen molar-refractivity contribution in [3.63, 3.8) is 0 Å². The van der Waals surface area contributed by atoms with Crippen molar-refractivity contribution in [3.8, 4) is 0 Å². The molecule has 9 heteroatoms. The van der Waals surface area contributed by atoms with Crippen LogP contribution < -0.4 is 5.56 Å². The molecule has 0 aliphatic carbocycles. The second-order valence-corrected chi connectivity index (χ2v) is 9.90. The van der Waals surface area contributed by atoms with Crippen LogP contribution in [0.1, 0.15) is 41.3 Å². The minimum Gasteiger partial charge on any atom is -0.339 e. The third kappa shape index (κ3) is 6.06. The second-order valence-electron chi connectivity index (χ2n) is 9.03. The van der Waals surface area contributed by atoms with Crippen molar-refractivity contribution in [2.45, 2.75) is 32.7 Å². The molecule has 1 amide bonds. The molecule has 1 heterocycles. The van der Waals surface area contributed by atoms with E-state index in [-0.39, 0.29) is 18.9 Å². The highest BCUT2D eigenvalue weighted by atomic mass is 35.5. The number of halogens is 2. The number of nitro groups is 1. The van der Waals surface area contributed by atoms with Crippen LogP contribution in [0, 0.1) is 10.1 Å². The number of nitrogens with zero attached hydrogens (tertiary/aromatic N) is 3. The first-order valence-corrected chi connectivity index (χ1v) is 13.1. The standard InChI is InChI=1S/C29H27Cl2N3O4/c1-2-16-32(28(35)21-10-12-22(30)13-11-21)17-6-9-24-25-18-23(31)14-15-26(25)33(29(36)27(24)34(37)38)19-20-7-4-3-5-8-20/h3-5,7-8,10-15,18H,2,6,9,16-17,19H2,1H3. The van der Waals surface area contributed by atoms with Crippen LogP contribution in [0.4, 0.5) is 5.69 Å². The van der Waals surface area contributed by atoms with Gasteiger partial charge in [-0.25, -0.2) is 0 Å². The second kappa shape index (κ2) is 12.2. The molecule has 0 unspecified atom stereocenters. The average Bonchev–Trinajstić information content (AvgIpc) is 2.90.